The van der Waals surface area contributed by atoms with Crippen LogP contribution >= 0.6 is 0 Å². The number of oxazole rings is 1. The van der Waals surface area contributed by atoms with E-state index >= 15 is 0 Å². The van der Waals surface area contributed by atoms with Crippen molar-refractivity contribution in [3.63, 3.8) is 0 Å². The van der Waals surface area contributed by atoms with Gasteiger partial charge in [-0.15, -0.1) is 0 Å². The summed E-state index contributed by atoms with van der Waals surface area (Å²) in [6.45, 7) is 4.59. The van der Waals surface area contributed by atoms with Gasteiger partial charge in [0.05, 0.1) is 5.92 Å². The third kappa shape index (κ3) is 4.48. The van der Waals surface area contributed by atoms with E-state index in [2.05, 4.69) is 30.2 Å². The van der Waals surface area contributed by atoms with E-state index < -0.39 is 0 Å². The zero-order chi connectivity index (χ0) is 23.5. The Hall–Kier alpha value is -4.18. The van der Waals surface area contributed by atoms with Gasteiger partial charge in [-0.05, 0) is 65.9 Å². The normalized spacial score (nSPS) is 11.1. The Labute approximate surface area is 199 Å². The van der Waals surface area contributed by atoms with Crippen molar-refractivity contribution in [3.8, 4) is 11.5 Å². The predicted molar refractivity (Wildman–Crippen MR) is 135 cm³/mol. The van der Waals surface area contributed by atoms with Gasteiger partial charge < -0.3 is 9.73 Å². The first kappa shape index (κ1) is 21.7. The number of rotatable bonds is 6. The highest BCUT2D eigenvalue weighted by Gasteiger charge is 2.22. The molecule has 0 atom stereocenters. The zero-order valence-corrected chi connectivity index (χ0v) is 19.3. The van der Waals surface area contributed by atoms with Crippen LogP contribution in [0.25, 0.3) is 22.6 Å². The number of amides is 1. The summed E-state index contributed by atoms with van der Waals surface area (Å²) < 4.78 is 5.98. The van der Waals surface area contributed by atoms with E-state index in [0.29, 0.717) is 12.4 Å². The van der Waals surface area contributed by atoms with Crippen molar-refractivity contribution in [1.29, 1.82) is 0 Å². The molecule has 1 aromatic heterocycles. The Morgan fingerprint density at radius 2 is 1.41 bits per heavy atom. The summed E-state index contributed by atoms with van der Waals surface area (Å²) in [6, 6.07) is 31.8. The van der Waals surface area contributed by atoms with Crippen LogP contribution in [0.15, 0.2) is 101 Å². The minimum absolute atomic E-state index is 0.0221. The Morgan fingerprint density at radius 1 is 0.824 bits per heavy atom. The monoisotopic (exact) mass is 446 g/mol. The topological polar surface area (TPSA) is 55.1 Å². The SMILES string of the molecule is Cc1cc2nc(-c3ccc(CNC(=O)C(c4ccccc4)c4ccccc4)cc3)oc2cc1C. The molecule has 0 fully saturated rings. The molecule has 0 aliphatic carbocycles. The number of aromatic nitrogens is 1. The maximum Gasteiger partial charge on any atom is 0.232 e. The second kappa shape index (κ2) is 9.36. The van der Waals surface area contributed by atoms with Gasteiger partial charge in [0.2, 0.25) is 11.8 Å². The molecular formula is C30H26N2O2. The second-order valence-electron chi connectivity index (χ2n) is 8.59. The highest BCUT2D eigenvalue weighted by Crippen LogP contribution is 2.27. The van der Waals surface area contributed by atoms with Gasteiger partial charge in [0.25, 0.3) is 0 Å². The van der Waals surface area contributed by atoms with E-state index in [1.165, 1.54) is 11.1 Å². The van der Waals surface area contributed by atoms with Crippen molar-refractivity contribution in [3.05, 3.63) is 125 Å². The van der Waals surface area contributed by atoms with Crippen molar-refractivity contribution >= 4 is 17.0 Å². The van der Waals surface area contributed by atoms with E-state index in [4.69, 9.17) is 4.42 Å². The quantitative estimate of drug-likeness (QED) is 0.321. The fourth-order valence-corrected chi connectivity index (χ4v) is 4.15. The summed E-state index contributed by atoms with van der Waals surface area (Å²) in [5.41, 5.74) is 7.91. The van der Waals surface area contributed by atoms with Crippen LogP contribution in [0.3, 0.4) is 0 Å². The number of nitrogens with one attached hydrogen (secondary N) is 1. The fourth-order valence-electron chi connectivity index (χ4n) is 4.15. The van der Waals surface area contributed by atoms with Crippen molar-refractivity contribution in [2.75, 3.05) is 0 Å². The number of hydrogen-bond acceptors (Lipinski definition) is 3. The molecule has 0 unspecified atom stereocenters. The minimum atomic E-state index is -0.353. The molecule has 0 aliphatic heterocycles. The molecule has 0 radical (unpaired) electrons. The fraction of sp³-hybridized carbons (Fsp3) is 0.133. The lowest BCUT2D eigenvalue weighted by molar-refractivity contribution is -0.121. The molecule has 0 aliphatic rings. The lowest BCUT2D eigenvalue weighted by Gasteiger charge is -2.18. The molecule has 4 nitrogen and oxygen atoms in total. The average molecular weight is 447 g/mol. The first-order chi connectivity index (χ1) is 16.6. The molecule has 0 saturated carbocycles. The summed E-state index contributed by atoms with van der Waals surface area (Å²) in [5.74, 6) is 0.225. The number of carbonyl (C=O) groups excluding carboxylic acids is 1. The molecular weight excluding hydrogens is 420 g/mol. The van der Waals surface area contributed by atoms with Crippen molar-refractivity contribution in [2.45, 2.75) is 26.3 Å². The molecule has 0 saturated heterocycles. The molecule has 4 aromatic carbocycles. The first-order valence-corrected chi connectivity index (χ1v) is 11.4. The smallest absolute Gasteiger partial charge is 0.232 e. The number of fused-ring (bicyclic) bond motifs is 1. The molecule has 0 bridgehead atoms. The lowest BCUT2D eigenvalue weighted by Crippen LogP contribution is -2.29. The molecule has 1 heterocycles. The highest BCUT2D eigenvalue weighted by molar-refractivity contribution is 5.87. The molecule has 5 aromatic rings. The Morgan fingerprint density at radius 3 is 2.03 bits per heavy atom. The number of nitrogens with zero attached hydrogens (tertiary/aromatic N) is 1. The van der Waals surface area contributed by atoms with E-state index in [9.17, 15) is 4.79 Å². The Bertz CT molecular complexity index is 1340. The van der Waals surface area contributed by atoms with Crippen molar-refractivity contribution in [1.82, 2.24) is 10.3 Å². The van der Waals surface area contributed by atoms with Gasteiger partial charge in [0, 0.05) is 12.1 Å². The lowest BCUT2D eigenvalue weighted by atomic mass is 9.90. The molecule has 5 rings (SSSR count). The largest absolute Gasteiger partial charge is 0.436 e. The Kier molecular flexibility index (Phi) is 5.96. The number of carbonyl (C=O) groups is 1. The summed E-state index contributed by atoms with van der Waals surface area (Å²) in [5, 5.41) is 3.11. The summed E-state index contributed by atoms with van der Waals surface area (Å²) in [6.07, 6.45) is 0. The van der Waals surface area contributed by atoms with E-state index in [1.807, 2.05) is 91.0 Å². The molecule has 1 amide bonds. The van der Waals surface area contributed by atoms with Crippen LogP contribution in [0.1, 0.15) is 33.7 Å². The first-order valence-electron chi connectivity index (χ1n) is 11.4. The van der Waals surface area contributed by atoms with Crippen LogP contribution < -0.4 is 5.32 Å². The van der Waals surface area contributed by atoms with Gasteiger partial charge in [-0.25, -0.2) is 4.98 Å². The maximum absolute atomic E-state index is 13.2. The Balaban J connectivity index is 1.31. The summed E-state index contributed by atoms with van der Waals surface area (Å²) in [4.78, 5) is 17.9. The highest BCUT2D eigenvalue weighted by atomic mass is 16.3. The van der Waals surface area contributed by atoms with Crippen LogP contribution in [-0.2, 0) is 11.3 Å². The van der Waals surface area contributed by atoms with Crippen LogP contribution in [0.5, 0.6) is 0 Å². The van der Waals surface area contributed by atoms with Gasteiger partial charge in [-0.1, -0.05) is 72.8 Å². The van der Waals surface area contributed by atoms with Crippen LogP contribution in [0.4, 0.5) is 0 Å². The van der Waals surface area contributed by atoms with Crippen LogP contribution in [0, 0.1) is 13.8 Å². The van der Waals surface area contributed by atoms with E-state index in [0.717, 1.165) is 33.4 Å². The second-order valence-corrected chi connectivity index (χ2v) is 8.59. The number of aryl methyl sites for hydroxylation is 2. The minimum Gasteiger partial charge on any atom is -0.436 e. The summed E-state index contributed by atoms with van der Waals surface area (Å²) in [7, 11) is 0. The van der Waals surface area contributed by atoms with Crippen molar-refractivity contribution < 1.29 is 9.21 Å². The van der Waals surface area contributed by atoms with Crippen molar-refractivity contribution in [2.24, 2.45) is 0 Å². The number of hydrogen-bond donors (Lipinski definition) is 1. The number of benzene rings is 4. The van der Waals surface area contributed by atoms with Gasteiger partial charge in [0.15, 0.2) is 5.58 Å². The van der Waals surface area contributed by atoms with Crippen LogP contribution in [0.2, 0.25) is 0 Å². The molecule has 34 heavy (non-hydrogen) atoms. The predicted octanol–water partition coefficient (Wildman–Crippen LogP) is 6.56. The molecule has 4 heteroatoms. The van der Waals surface area contributed by atoms with E-state index in [1.54, 1.807) is 0 Å². The van der Waals surface area contributed by atoms with E-state index in [-0.39, 0.29) is 11.8 Å². The van der Waals surface area contributed by atoms with Crippen LogP contribution in [-0.4, -0.2) is 10.9 Å². The van der Waals surface area contributed by atoms with Gasteiger partial charge in [-0.2, -0.15) is 0 Å². The van der Waals surface area contributed by atoms with Gasteiger partial charge >= 0.3 is 0 Å². The molecule has 1 N–H and O–H groups in total. The third-order valence-corrected chi connectivity index (χ3v) is 6.20. The zero-order valence-electron chi connectivity index (χ0n) is 19.3. The standard InChI is InChI=1S/C30H26N2O2/c1-20-17-26-27(18-21(20)2)34-30(32-26)25-15-13-22(14-16-25)19-31-29(33)28(23-9-5-3-6-10-23)24-11-7-4-8-12-24/h3-18,28H,19H2,1-2H3,(H,31,33). The third-order valence-electron chi connectivity index (χ3n) is 6.20. The molecule has 0 spiro atoms. The summed E-state index contributed by atoms with van der Waals surface area (Å²) >= 11 is 0. The maximum atomic E-state index is 13.2. The van der Waals surface area contributed by atoms with Gasteiger partial charge in [-0.3, -0.25) is 4.79 Å². The molecule has 168 valence electrons. The average Bonchev–Trinajstić information content (AvgIpc) is 3.27. The van der Waals surface area contributed by atoms with Gasteiger partial charge in [0.1, 0.15) is 5.52 Å².